The van der Waals surface area contributed by atoms with Gasteiger partial charge in [-0.25, -0.2) is 13.4 Å². The molecule has 0 spiro atoms. The number of hydrogen-bond donors (Lipinski definition) is 2. The number of nitrogens with one attached hydrogen (secondary N) is 2. The van der Waals surface area contributed by atoms with Gasteiger partial charge in [0.25, 0.3) is 6.01 Å². The van der Waals surface area contributed by atoms with Gasteiger partial charge in [0.2, 0.25) is 0 Å². The van der Waals surface area contributed by atoms with Crippen molar-refractivity contribution >= 4 is 49.4 Å². The van der Waals surface area contributed by atoms with Gasteiger partial charge in [-0.05, 0) is 49.0 Å². The number of hydrogen-bond acceptors (Lipinski definition) is 8. The van der Waals surface area contributed by atoms with Crippen LogP contribution in [0.4, 0.5) is 17.4 Å². The molecule has 0 aliphatic carbocycles. The Morgan fingerprint density at radius 2 is 1.83 bits per heavy atom. The quantitative estimate of drug-likeness (QED) is 0.367. The van der Waals surface area contributed by atoms with Gasteiger partial charge in [-0.3, -0.25) is 0 Å². The summed E-state index contributed by atoms with van der Waals surface area (Å²) in [7, 11) is -1.32. The van der Waals surface area contributed by atoms with Crippen LogP contribution < -0.4 is 10.2 Å². The molecule has 1 aliphatic rings. The minimum atomic E-state index is -3.41. The van der Waals surface area contributed by atoms with Gasteiger partial charge in [-0.2, -0.15) is 4.98 Å². The Balaban J connectivity index is 1.37. The van der Waals surface area contributed by atoms with E-state index in [2.05, 4.69) is 37.1 Å². The SMILES string of the molecule is CN1CCN(c2cc(Nc3nc4cccc(-c5ccc6nc[nH]c6c5)c4o3)cc(S(C)(=O)=O)c2)CC1. The molecule has 0 atom stereocenters. The predicted molar refractivity (Wildman–Crippen MR) is 142 cm³/mol. The monoisotopic (exact) mass is 502 g/mol. The second-order valence-electron chi connectivity index (χ2n) is 9.21. The van der Waals surface area contributed by atoms with Crippen LogP contribution >= 0.6 is 0 Å². The third-order valence-electron chi connectivity index (χ3n) is 6.59. The predicted octanol–water partition coefficient (Wildman–Crippen LogP) is 4.27. The van der Waals surface area contributed by atoms with Crippen LogP contribution in [-0.2, 0) is 9.84 Å². The van der Waals surface area contributed by atoms with E-state index in [1.54, 1.807) is 18.5 Å². The molecular formula is C26H26N6O3S. The normalized spacial score (nSPS) is 15.1. The lowest BCUT2D eigenvalue weighted by Gasteiger charge is -2.34. The minimum absolute atomic E-state index is 0.256. The summed E-state index contributed by atoms with van der Waals surface area (Å²) < 4.78 is 31.0. The first-order valence-electron chi connectivity index (χ1n) is 11.7. The first-order chi connectivity index (χ1) is 17.3. The number of para-hydroxylation sites is 1. The molecular weight excluding hydrogens is 476 g/mol. The standard InChI is InChI=1S/C26H26N6O3S/c1-31-8-10-32(11-9-31)19-13-18(14-20(15-19)36(2,33)34)29-26-30-23-5-3-4-21(25(23)35-26)17-6-7-22-24(12-17)28-16-27-22/h3-7,12-16H,8-11H2,1-2H3,(H,27,28)(H,29,30). The number of H-pyrrole nitrogens is 1. The summed E-state index contributed by atoms with van der Waals surface area (Å²) in [5.41, 5.74) is 6.56. The van der Waals surface area contributed by atoms with Gasteiger partial charge >= 0.3 is 0 Å². The molecule has 0 bridgehead atoms. The van der Waals surface area contributed by atoms with E-state index in [-0.39, 0.29) is 4.90 Å². The summed E-state index contributed by atoms with van der Waals surface area (Å²) >= 11 is 0. The number of likely N-dealkylation sites (N-methyl/N-ethyl adjacent to an activating group) is 1. The molecule has 0 amide bonds. The first kappa shape index (κ1) is 22.6. The number of oxazole rings is 1. The van der Waals surface area contributed by atoms with Crippen LogP contribution in [0, 0.1) is 0 Å². The van der Waals surface area contributed by atoms with Gasteiger partial charge in [-0.15, -0.1) is 0 Å². The van der Waals surface area contributed by atoms with Gasteiger partial charge in [-0.1, -0.05) is 18.2 Å². The van der Waals surface area contributed by atoms with E-state index < -0.39 is 9.84 Å². The molecule has 3 heterocycles. The fraction of sp³-hybridized carbons (Fsp3) is 0.231. The van der Waals surface area contributed by atoms with E-state index in [4.69, 9.17) is 4.42 Å². The topological polar surface area (TPSA) is 107 Å². The van der Waals surface area contributed by atoms with Crippen molar-refractivity contribution in [1.82, 2.24) is 19.9 Å². The summed E-state index contributed by atoms with van der Waals surface area (Å²) in [5, 5.41) is 3.20. The number of benzene rings is 3. The Hall–Kier alpha value is -3.89. The van der Waals surface area contributed by atoms with Crippen molar-refractivity contribution < 1.29 is 12.8 Å². The molecule has 2 aromatic heterocycles. The number of sulfone groups is 1. The van der Waals surface area contributed by atoms with E-state index in [1.807, 2.05) is 42.5 Å². The molecule has 9 nitrogen and oxygen atoms in total. The zero-order valence-electron chi connectivity index (χ0n) is 20.0. The van der Waals surface area contributed by atoms with Gasteiger partial charge < -0.3 is 24.5 Å². The first-order valence-corrected chi connectivity index (χ1v) is 13.6. The summed E-state index contributed by atoms with van der Waals surface area (Å²) in [4.78, 5) is 16.8. The summed E-state index contributed by atoms with van der Waals surface area (Å²) in [5.74, 6) is 0. The molecule has 0 saturated carbocycles. The number of aromatic amines is 1. The lowest BCUT2D eigenvalue weighted by atomic mass is 10.0. The molecule has 2 N–H and O–H groups in total. The van der Waals surface area contributed by atoms with Gasteiger partial charge in [0.15, 0.2) is 15.4 Å². The Morgan fingerprint density at radius 3 is 2.64 bits per heavy atom. The number of aromatic nitrogens is 3. The number of rotatable bonds is 5. The van der Waals surface area contributed by atoms with Crippen molar-refractivity contribution in [2.45, 2.75) is 4.90 Å². The second-order valence-corrected chi connectivity index (χ2v) is 11.2. The van der Waals surface area contributed by atoms with Crippen LogP contribution in [0.3, 0.4) is 0 Å². The summed E-state index contributed by atoms with van der Waals surface area (Å²) in [6, 6.07) is 17.4. The van der Waals surface area contributed by atoms with Gasteiger partial charge in [0, 0.05) is 49.4 Å². The molecule has 3 aromatic carbocycles. The maximum absolute atomic E-state index is 12.4. The molecule has 36 heavy (non-hydrogen) atoms. The van der Waals surface area contributed by atoms with Crippen molar-refractivity contribution in [1.29, 1.82) is 0 Å². The van der Waals surface area contributed by atoms with E-state index >= 15 is 0 Å². The van der Waals surface area contributed by atoms with E-state index in [0.717, 1.165) is 54.0 Å². The number of piperazine rings is 1. The van der Waals surface area contributed by atoms with Crippen LogP contribution in [-0.4, -0.2) is 67.8 Å². The third kappa shape index (κ3) is 4.29. The molecule has 1 fully saturated rings. The van der Waals surface area contributed by atoms with E-state index in [1.165, 1.54) is 6.26 Å². The Kier molecular flexibility index (Phi) is 5.42. The maximum atomic E-state index is 12.4. The molecule has 6 rings (SSSR count). The van der Waals surface area contributed by atoms with E-state index in [9.17, 15) is 8.42 Å². The Bertz CT molecular complexity index is 1680. The average molecular weight is 503 g/mol. The van der Waals surface area contributed by atoms with Crippen LogP contribution in [0.5, 0.6) is 0 Å². The Morgan fingerprint density at radius 1 is 1.00 bits per heavy atom. The van der Waals surface area contributed by atoms with Crippen LogP contribution in [0.15, 0.2) is 70.2 Å². The van der Waals surface area contributed by atoms with Gasteiger partial charge in [0.05, 0.1) is 22.3 Å². The summed E-state index contributed by atoms with van der Waals surface area (Å²) in [6.07, 6.45) is 2.90. The third-order valence-corrected chi connectivity index (χ3v) is 7.68. The molecule has 184 valence electrons. The lowest BCUT2D eigenvalue weighted by molar-refractivity contribution is 0.313. The van der Waals surface area contributed by atoms with Crippen molar-refractivity contribution in [2.24, 2.45) is 0 Å². The fourth-order valence-electron chi connectivity index (χ4n) is 4.57. The largest absolute Gasteiger partial charge is 0.423 e. The number of imidazole rings is 1. The van der Waals surface area contributed by atoms with Crippen molar-refractivity contribution in [3.8, 4) is 11.1 Å². The second kappa shape index (κ2) is 8.65. The van der Waals surface area contributed by atoms with Crippen LogP contribution in [0.2, 0.25) is 0 Å². The molecule has 10 heteroatoms. The number of anilines is 3. The minimum Gasteiger partial charge on any atom is -0.423 e. The number of nitrogens with zero attached hydrogens (tertiary/aromatic N) is 4. The maximum Gasteiger partial charge on any atom is 0.300 e. The van der Waals surface area contributed by atoms with E-state index in [0.29, 0.717) is 22.8 Å². The van der Waals surface area contributed by atoms with Crippen molar-refractivity contribution in [3.63, 3.8) is 0 Å². The molecule has 5 aromatic rings. The van der Waals surface area contributed by atoms with Gasteiger partial charge in [0.1, 0.15) is 5.52 Å². The highest BCUT2D eigenvalue weighted by molar-refractivity contribution is 7.90. The average Bonchev–Trinajstić information content (AvgIpc) is 3.49. The van der Waals surface area contributed by atoms with Crippen LogP contribution in [0.1, 0.15) is 0 Å². The molecule has 1 saturated heterocycles. The smallest absolute Gasteiger partial charge is 0.300 e. The van der Waals surface area contributed by atoms with Crippen molar-refractivity contribution in [2.75, 3.05) is 49.7 Å². The van der Waals surface area contributed by atoms with Crippen LogP contribution in [0.25, 0.3) is 33.3 Å². The highest BCUT2D eigenvalue weighted by Crippen LogP contribution is 2.34. The van der Waals surface area contributed by atoms with Crippen molar-refractivity contribution in [3.05, 3.63) is 60.9 Å². The summed E-state index contributed by atoms with van der Waals surface area (Å²) in [6.45, 7) is 3.50. The zero-order chi connectivity index (χ0) is 24.9. The zero-order valence-corrected chi connectivity index (χ0v) is 20.8. The molecule has 0 radical (unpaired) electrons. The fourth-order valence-corrected chi connectivity index (χ4v) is 5.25. The molecule has 1 aliphatic heterocycles. The highest BCUT2D eigenvalue weighted by Gasteiger charge is 2.19. The highest BCUT2D eigenvalue weighted by atomic mass is 32.2. The lowest BCUT2D eigenvalue weighted by Crippen LogP contribution is -2.44. The Labute approximate surface area is 208 Å². The number of fused-ring (bicyclic) bond motifs is 2. The molecule has 0 unspecified atom stereocenters.